The lowest BCUT2D eigenvalue weighted by molar-refractivity contribution is -0.151. The van der Waals surface area contributed by atoms with Gasteiger partial charge in [0.25, 0.3) is 0 Å². The predicted octanol–water partition coefficient (Wildman–Crippen LogP) is 4.07. The minimum Gasteiger partial charge on any atom is -0.459 e. The number of thioether (sulfide) groups is 1. The molecule has 0 spiro atoms. The topological polar surface area (TPSA) is 69.9 Å². The molecule has 7 heteroatoms. The lowest BCUT2D eigenvalue weighted by atomic mass is 10.2. The zero-order valence-corrected chi connectivity index (χ0v) is 16.7. The number of carbonyl (C=O) groups is 1. The molecule has 0 N–H and O–H groups in total. The summed E-state index contributed by atoms with van der Waals surface area (Å²) in [6.45, 7) is 7.60. The average molecular weight is 382 g/mol. The number of ether oxygens (including phenoxy) is 1. The van der Waals surface area contributed by atoms with Crippen molar-refractivity contribution in [2.24, 2.45) is 0 Å². The molecule has 0 amide bonds. The Kier molecular flexibility index (Phi) is 5.60. The van der Waals surface area contributed by atoms with Gasteiger partial charge >= 0.3 is 5.97 Å². The van der Waals surface area contributed by atoms with Gasteiger partial charge in [-0.25, -0.2) is 0 Å². The van der Waals surface area contributed by atoms with Crippen molar-refractivity contribution in [1.29, 1.82) is 0 Å². The molecule has 2 aromatic heterocycles. The van der Waals surface area contributed by atoms with Gasteiger partial charge in [0.15, 0.2) is 11.0 Å². The first kappa shape index (κ1) is 19.1. The van der Waals surface area contributed by atoms with E-state index in [0.717, 1.165) is 11.3 Å². The number of pyridine rings is 1. The number of aryl methyl sites for hydroxylation is 1. The molecule has 0 aliphatic rings. The molecule has 27 heavy (non-hydrogen) atoms. The fourth-order valence-electron chi connectivity index (χ4n) is 2.47. The molecule has 0 atom stereocenters. The summed E-state index contributed by atoms with van der Waals surface area (Å²) >= 11 is 1.31. The lowest BCUT2D eigenvalue weighted by Gasteiger charge is -2.19. The summed E-state index contributed by atoms with van der Waals surface area (Å²) in [5.74, 6) is 0.585. The predicted molar refractivity (Wildman–Crippen MR) is 106 cm³/mol. The number of hydrogen-bond donors (Lipinski definition) is 0. The Labute approximate surface area is 163 Å². The SMILES string of the molecule is Cc1ccc(-n2c(SCC(=O)OC(C)(C)C)nnc2-c2ccncc2)cc1. The van der Waals surface area contributed by atoms with E-state index in [2.05, 4.69) is 15.2 Å². The van der Waals surface area contributed by atoms with Gasteiger partial charge in [-0.15, -0.1) is 10.2 Å². The second-order valence-electron chi connectivity index (χ2n) is 7.09. The van der Waals surface area contributed by atoms with Crippen molar-refractivity contribution >= 4 is 17.7 Å². The molecule has 0 saturated carbocycles. The second-order valence-corrected chi connectivity index (χ2v) is 8.03. The van der Waals surface area contributed by atoms with Crippen LogP contribution in [0.5, 0.6) is 0 Å². The second kappa shape index (κ2) is 7.92. The Morgan fingerprint density at radius 1 is 1.07 bits per heavy atom. The number of esters is 1. The Balaban J connectivity index is 1.93. The van der Waals surface area contributed by atoms with Crippen molar-refractivity contribution in [3.05, 3.63) is 54.4 Å². The normalized spacial score (nSPS) is 11.4. The van der Waals surface area contributed by atoms with Crippen LogP contribution in [0.25, 0.3) is 17.1 Å². The molecular weight excluding hydrogens is 360 g/mol. The van der Waals surface area contributed by atoms with Crippen LogP contribution in [0, 0.1) is 6.92 Å². The Hall–Kier alpha value is -2.67. The highest BCUT2D eigenvalue weighted by Gasteiger charge is 2.20. The van der Waals surface area contributed by atoms with E-state index in [1.807, 2.05) is 68.7 Å². The molecule has 1 aromatic carbocycles. The summed E-state index contributed by atoms with van der Waals surface area (Å²) in [5.41, 5.74) is 2.50. The Morgan fingerprint density at radius 3 is 2.37 bits per heavy atom. The summed E-state index contributed by atoms with van der Waals surface area (Å²) in [7, 11) is 0. The highest BCUT2D eigenvalue weighted by molar-refractivity contribution is 7.99. The molecule has 0 radical (unpaired) electrons. The lowest BCUT2D eigenvalue weighted by Crippen LogP contribution is -2.25. The molecule has 0 aliphatic heterocycles. The number of benzene rings is 1. The molecular formula is C20H22N4O2S. The van der Waals surface area contributed by atoms with E-state index in [4.69, 9.17) is 4.74 Å². The van der Waals surface area contributed by atoms with Gasteiger partial charge in [0.05, 0.1) is 5.75 Å². The van der Waals surface area contributed by atoms with E-state index in [1.54, 1.807) is 12.4 Å². The minimum absolute atomic E-state index is 0.164. The molecule has 140 valence electrons. The number of carbonyl (C=O) groups excluding carboxylic acids is 1. The van der Waals surface area contributed by atoms with E-state index >= 15 is 0 Å². The molecule has 0 aliphatic carbocycles. The fraction of sp³-hybridized carbons (Fsp3) is 0.300. The summed E-state index contributed by atoms with van der Waals surface area (Å²) in [6.07, 6.45) is 3.44. The maximum absolute atomic E-state index is 12.1. The van der Waals surface area contributed by atoms with Gasteiger partial charge in [-0.3, -0.25) is 14.3 Å². The van der Waals surface area contributed by atoms with Crippen molar-refractivity contribution < 1.29 is 9.53 Å². The first-order valence-electron chi connectivity index (χ1n) is 8.61. The van der Waals surface area contributed by atoms with E-state index < -0.39 is 5.60 Å². The summed E-state index contributed by atoms with van der Waals surface area (Å²) in [4.78, 5) is 16.2. The molecule has 6 nitrogen and oxygen atoms in total. The monoisotopic (exact) mass is 382 g/mol. The summed E-state index contributed by atoms with van der Waals surface area (Å²) in [6, 6.07) is 11.9. The van der Waals surface area contributed by atoms with Gasteiger partial charge in [0.2, 0.25) is 0 Å². The van der Waals surface area contributed by atoms with Gasteiger partial charge in [-0.05, 0) is 52.0 Å². The van der Waals surface area contributed by atoms with E-state index in [0.29, 0.717) is 11.0 Å². The smallest absolute Gasteiger partial charge is 0.316 e. The molecule has 0 fully saturated rings. The third kappa shape index (κ3) is 4.95. The van der Waals surface area contributed by atoms with Crippen LogP contribution in [-0.4, -0.2) is 37.1 Å². The van der Waals surface area contributed by atoms with Crippen molar-refractivity contribution in [2.75, 3.05) is 5.75 Å². The van der Waals surface area contributed by atoms with Crippen molar-refractivity contribution in [3.8, 4) is 17.1 Å². The minimum atomic E-state index is -0.509. The van der Waals surface area contributed by atoms with Gasteiger partial charge in [0, 0.05) is 23.6 Å². The van der Waals surface area contributed by atoms with E-state index in [9.17, 15) is 4.79 Å². The highest BCUT2D eigenvalue weighted by Crippen LogP contribution is 2.28. The Bertz CT molecular complexity index is 915. The summed E-state index contributed by atoms with van der Waals surface area (Å²) < 4.78 is 7.33. The maximum Gasteiger partial charge on any atom is 0.316 e. The fourth-order valence-corrected chi connectivity index (χ4v) is 3.20. The first-order chi connectivity index (χ1) is 12.8. The number of aromatic nitrogens is 4. The average Bonchev–Trinajstić information content (AvgIpc) is 3.04. The van der Waals surface area contributed by atoms with Crippen molar-refractivity contribution in [3.63, 3.8) is 0 Å². The van der Waals surface area contributed by atoms with Gasteiger partial charge in [-0.2, -0.15) is 0 Å². The van der Waals surface area contributed by atoms with Crippen LogP contribution in [-0.2, 0) is 9.53 Å². The van der Waals surface area contributed by atoms with Gasteiger partial charge < -0.3 is 4.74 Å². The van der Waals surface area contributed by atoms with Crippen LogP contribution < -0.4 is 0 Å². The van der Waals surface area contributed by atoms with Crippen molar-refractivity contribution in [2.45, 2.75) is 38.5 Å². The quantitative estimate of drug-likeness (QED) is 0.489. The first-order valence-corrected chi connectivity index (χ1v) is 9.59. The summed E-state index contributed by atoms with van der Waals surface area (Å²) in [5, 5.41) is 9.29. The van der Waals surface area contributed by atoms with Crippen LogP contribution in [0.2, 0.25) is 0 Å². The third-order valence-electron chi connectivity index (χ3n) is 3.60. The highest BCUT2D eigenvalue weighted by atomic mass is 32.2. The van der Waals surface area contributed by atoms with Crippen LogP contribution in [0.4, 0.5) is 0 Å². The van der Waals surface area contributed by atoms with Gasteiger partial charge in [-0.1, -0.05) is 29.5 Å². The van der Waals surface area contributed by atoms with Crippen LogP contribution in [0.3, 0.4) is 0 Å². The maximum atomic E-state index is 12.1. The largest absolute Gasteiger partial charge is 0.459 e. The zero-order chi connectivity index (χ0) is 19.4. The van der Waals surface area contributed by atoms with Crippen LogP contribution in [0.1, 0.15) is 26.3 Å². The molecule has 3 aromatic rings. The number of rotatable bonds is 5. The Morgan fingerprint density at radius 2 is 1.74 bits per heavy atom. The molecule has 3 rings (SSSR count). The van der Waals surface area contributed by atoms with Gasteiger partial charge in [0.1, 0.15) is 5.60 Å². The number of hydrogen-bond acceptors (Lipinski definition) is 6. The third-order valence-corrected chi connectivity index (χ3v) is 4.51. The zero-order valence-electron chi connectivity index (χ0n) is 15.8. The molecule has 0 saturated heterocycles. The van der Waals surface area contributed by atoms with Crippen LogP contribution in [0.15, 0.2) is 53.9 Å². The molecule has 0 unspecified atom stereocenters. The molecule has 0 bridgehead atoms. The number of nitrogens with zero attached hydrogens (tertiary/aromatic N) is 4. The molecule has 2 heterocycles. The van der Waals surface area contributed by atoms with Crippen molar-refractivity contribution in [1.82, 2.24) is 19.7 Å². The van der Waals surface area contributed by atoms with E-state index in [-0.39, 0.29) is 11.7 Å². The standard InChI is InChI=1S/C20H22N4O2S/c1-14-5-7-16(8-6-14)24-18(15-9-11-21-12-10-15)22-23-19(24)27-13-17(25)26-20(2,3)4/h5-12H,13H2,1-4H3. The van der Waals surface area contributed by atoms with Crippen LogP contribution >= 0.6 is 11.8 Å². The van der Waals surface area contributed by atoms with E-state index in [1.165, 1.54) is 17.3 Å².